The Balaban J connectivity index is 1.73. The van der Waals surface area contributed by atoms with Gasteiger partial charge in [0.15, 0.2) is 5.82 Å². The van der Waals surface area contributed by atoms with Crippen molar-refractivity contribution in [3.8, 4) is 0 Å². The number of ether oxygens (including phenoxy) is 1. The quantitative estimate of drug-likeness (QED) is 0.820. The highest BCUT2D eigenvalue weighted by molar-refractivity contribution is 4.95. The molecule has 0 unspecified atom stereocenters. The van der Waals surface area contributed by atoms with Gasteiger partial charge in [-0.05, 0) is 19.4 Å². The maximum Gasteiger partial charge on any atom is 0.411 e. The Kier molecular flexibility index (Phi) is 4.18. The van der Waals surface area contributed by atoms with Crippen molar-refractivity contribution >= 4 is 0 Å². The molecule has 0 aromatic carbocycles. The van der Waals surface area contributed by atoms with E-state index in [1.54, 1.807) is 0 Å². The summed E-state index contributed by atoms with van der Waals surface area (Å²) in [5.74, 6) is 0.874. The van der Waals surface area contributed by atoms with Gasteiger partial charge < -0.3 is 14.6 Å². The lowest BCUT2D eigenvalue weighted by Gasteiger charge is -2.05. The molecule has 0 aliphatic carbocycles. The van der Waals surface area contributed by atoms with Crippen LogP contribution in [0.2, 0.25) is 0 Å². The molecule has 1 atom stereocenters. The molecule has 2 rings (SSSR count). The number of aromatic nitrogens is 2. The lowest BCUT2D eigenvalue weighted by molar-refractivity contribution is -0.173. The second-order valence-electron chi connectivity index (χ2n) is 4.12. The Labute approximate surface area is 102 Å². The van der Waals surface area contributed by atoms with Crippen molar-refractivity contribution in [2.75, 3.05) is 19.8 Å². The Hall–Kier alpha value is -1.15. The second-order valence-corrected chi connectivity index (χ2v) is 4.12. The monoisotopic (exact) mass is 265 g/mol. The summed E-state index contributed by atoms with van der Waals surface area (Å²) in [4.78, 5) is 4.12. The number of hydrogen-bond acceptors (Lipinski definition) is 5. The standard InChI is InChI=1S/C10H14F3N3O2/c11-10(12,13)6-17-5-3-8-15-9(18-16-8)7-2-1-4-14-7/h7,14H,1-6H2/t7-/m0/s1. The van der Waals surface area contributed by atoms with Gasteiger partial charge >= 0.3 is 6.18 Å². The third-order valence-electron chi connectivity index (χ3n) is 2.58. The zero-order chi connectivity index (χ0) is 13.0. The molecule has 0 bridgehead atoms. The molecule has 2 heterocycles. The van der Waals surface area contributed by atoms with Crippen LogP contribution in [-0.4, -0.2) is 36.1 Å². The molecule has 1 saturated heterocycles. The molecule has 0 saturated carbocycles. The average molecular weight is 265 g/mol. The molecular weight excluding hydrogens is 251 g/mol. The number of nitrogens with one attached hydrogen (secondary N) is 1. The minimum absolute atomic E-state index is 0.0716. The molecule has 5 nitrogen and oxygen atoms in total. The van der Waals surface area contributed by atoms with Gasteiger partial charge in [0.2, 0.25) is 5.89 Å². The van der Waals surface area contributed by atoms with Crippen LogP contribution >= 0.6 is 0 Å². The summed E-state index contributed by atoms with van der Waals surface area (Å²) in [5.41, 5.74) is 0. The van der Waals surface area contributed by atoms with Crippen LogP contribution in [0.15, 0.2) is 4.52 Å². The third-order valence-corrected chi connectivity index (χ3v) is 2.58. The Bertz CT molecular complexity index is 375. The summed E-state index contributed by atoms with van der Waals surface area (Å²) in [6.45, 7) is -0.407. The summed E-state index contributed by atoms with van der Waals surface area (Å²) < 4.78 is 44.9. The number of rotatable bonds is 5. The number of alkyl halides is 3. The first-order valence-corrected chi connectivity index (χ1v) is 5.75. The van der Waals surface area contributed by atoms with E-state index < -0.39 is 12.8 Å². The smallest absolute Gasteiger partial charge is 0.372 e. The SMILES string of the molecule is FC(F)(F)COCCc1noc([C@@H]2CCCN2)n1. The van der Waals surface area contributed by atoms with Gasteiger partial charge in [0.25, 0.3) is 0 Å². The molecule has 1 aromatic rings. The highest BCUT2D eigenvalue weighted by Crippen LogP contribution is 2.21. The molecule has 1 N–H and O–H groups in total. The first kappa shape index (κ1) is 13.3. The summed E-state index contributed by atoms with van der Waals surface area (Å²) in [7, 11) is 0. The summed E-state index contributed by atoms with van der Waals surface area (Å²) in [6.07, 6.45) is -2.09. The van der Waals surface area contributed by atoms with Crippen molar-refractivity contribution in [2.24, 2.45) is 0 Å². The van der Waals surface area contributed by atoms with E-state index in [4.69, 9.17) is 4.52 Å². The van der Waals surface area contributed by atoms with Gasteiger partial charge in [-0.15, -0.1) is 0 Å². The van der Waals surface area contributed by atoms with Crippen LogP contribution in [-0.2, 0) is 11.2 Å². The topological polar surface area (TPSA) is 60.2 Å². The Morgan fingerprint density at radius 1 is 1.44 bits per heavy atom. The normalized spacial score (nSPS) is 20.5. The molecule has 1 aromatic heterocycles. The van der Waals surface area contributed by atoms with Crippen LogP contribution in [0.3, 0.4) is 0 Å². The van der Waals surface area contributed by atoms with Crippen molar-refractivity contribution in [3.05, 3.63) is 11.7 Å². The van der Waals surface area contributed by atoms with E-state index in [0.717, 1.165) is 19.4 Å². The average Bonchev–Trinajstić information content (AvgIpc) is 2.93. The molecule has 0 amide bonds. The fraction of sp³-hybridized carbons (Fsp3) is 0.800. The zero-order valence-electron chi connectivity index (χ0n) is 9.66. The van der Waals surface area contributed by atoms with Crippen molar-refractivity contribution < 1.29 is 22.4 Å². The first-order valence-electron chi connectivity index (χ1n) is 5.75. The second kappa shape index (κ2) is 5.66. The number of hydrogen-bond donors (Lipinski definition) is 1. The molecular formula is C10H14F3N3O2. The highest BCUT2D eigenvalue weighted by atomic mass is 19.4. The van der Waals surface area contributed by atoms with Crippen LogP contribution in [0.4, 0.5) is 13.2 Å². The van der Waals surface area contributed by atoms with Crippen molar-refractivity contribution in [3.63, 3.8) is 0 Å². The third kappa shape index (κ3) is 3.95. The van der Waals surface area contributed by atoms with E-state index in [9.17, 15) is 13.2 Å². The molecule has 8 heteroatoms. The van der Waals surface area contributed by atoms with Crippen LogP contribution in [0.5, 0.6) is 0 Å². The zero-order valence-corrected chi connectivity index (χ0v) is 9.66. The molecule has 102 valence electrons. The van der Waals surface area contributed by atoms with E-state index in [0.29, 0.717) is 11.7 Å². The summed E-state index contributed by atoms with van der Waals surface area (Å²) in [6, 6.07) is 0.0716. The van der Waals surface area contributed by atoms with Crippen molar-refractivity contribution in [1.29, 1.82) is 0 Å². The molecule has 18 heavy (non-hydrogen) atoms. The van der Waals surface area contributed by atoms with Gasteiger partial charge in [0.05, 0.1) is 12.6 Å². The van der Waals surface area contributed by atoms with Gasteiger partial charge in [-0.25, -0.2) is 0 Å². The van der Waals surface area contributed by atoms with Gasteiger partial charge in [-0.2, -0.15) is 18.2 Å². The van der Waals surface area contributed by atoms with Crippen LogP contribution < -0.4 is 5.32 Å². The summed E-state index contributed by atoms with van der Waals surface area (Å²) >= 11 is 0. The van der Waals surface area contributed by atoms with E-state index in [2.05, 4.69) is 20.2 Å². The predicted molar refractivity (Wildman–Crippen MR) is 54.9 cm³/mol. The fourth-order valence-corrected chi connectivity index (χ4v) is 1.76. The molecule has 1 aliphatic heterocycles. The van der Waals surface area contributed by atoms with Crippen molar-refractivity contribution in [1.82, 2.24) is 15.5 Å². The lowest BCUT2D eigenvalue weighted by Crippen LogP contribution is -2.18. The summed E-state index contributed by atoms with van der Waals surface area (Å²) in [5, 5.41) is 6.90. The van der Waals surface area contributed by atoms with Gasteiger partial charge in [0.1, 0.15) is 6.61 Å². The van der Waals surface area contributed by atoms with Gasteiger partial charge in [-0.1, -0.05) is 5.16 Å². The molecule has 1 fully saturated rings. The largest absolute Gasteiger partial charge is 0.411 e. The minimum Gasteiger partial charge on any atom is -0.372 e. The number of nitrogens with zero attached hydrogens (tertiary/aromatic N) is 2. The maximum atomic E-state index is 11.8. The van der Waals surface area contributed by atoms with E-state index in [1.807, 2.05) is 0 Å². The lowest BCUT2D eigenvalue weighted by atomic mass is 10.2. The van der Waals surface area contributed by atoms with Crippen LogP contribution in [0.1, 0.15) is 30.6 Å². The fourth-order valence-electron chi connectivity index (χ4n) is 1.76. The molecule has 0 spiro atoms. The predicted octanol–water partition coefficient (Wildman–Crippen LogP) is 1.62. The van der Waals surface area contributed by atoms with Gasteiger partial charge in [0, 0.05) is 6.42 Å². The number of halogens is 3. The Morgan fingerprint density at radius 3 is 2.94 bits per heavy atom. The van der Waals surface area contributed by atoms with Crippen LogP contribution in [0, 0.1) is 0 Å². The minimum atomic E-state index is -4.30. The van der Waals surface area contributed by atoms with Crippen molar-refractivity contribution in [2.45, 2.75) is 31.5 Å². The van der Waals surface area contributed by atoms with E-state index >= 15 is 0 Å². The van der Waals surface area contributed by atoms with E-state index in [1.165, 1.54) is 0 Å². The van der Waals surface area contributed by atoms with E-state index in [-0.39, 0.29) is 19.1 Å². The first-order chi connectivity index (χ1) is 8.54. The molecule has 0 radical (unpaired) electrons. The molecule has 1 aliphatic rings. The van der Waals surface area contributed by atoms with Gasteiger partial charge in [-0.3, -0.25) is 0 Å². The Morgan fingerprint density at radius 2 is 2.28 bits per heavy atom. The maximum absolute atomic E-state index is 11.8. The van der Waals surface area contributed by atoms with Crippen LogP contribution in [0.25, 0.3) is 0 Å². The highest BCUT2D eigenvalue weighted by Gasteiger charge is 2.27.